The van der Waals surface area contributed by atoms with Crippen LogP contribution in [0.3, 0.4) is 0 Å². The van der Waals surface area contributed by atoms with Crippen molar-refractivity contribution < 1.29 is 17.9 Å². The Balaban J connectivity index is 2.95. The second-order valence-corrected chi connectivity index (χ2v) is 6.91. The van der Waals surface area contributed by atoms with Gasteiger partial charge >= 0.3 is 5.97 Å². The summed E-state index contributed by atoms with van der Waals surface area (Å²) in [6.45, 7) is 1.63. The van der Waals surface area contributed by atoms with E-state index < -0.39 is 21.1 Å². The number of benzene rings is 1. The second-order valence-electron chi connectivity index (χ2n) is 4.29. The summed E-state index contributed by atoms with van der Waals surface area (Å²) < 4.78 is 28.9. The molecule has 0 aliphatic rings. The number of ether oxygens (including phenoxy) is 1. The zero-order valence-corrected chi connectivity index (χ0v) is 13.0. The third kappa shape index (κ3) is 4.01. The van der Waals surface area contributed by atoms with Crippen LogP contribution in [0.2, 0.25) is 0 Å². The van der Waals surface area contributed by atoms with Crippen molar-refractivity contribution in [1.29, 1.82) is 0 Å². The molecule has 0 spiro atoms. The van der Waals surface area contributed by atoms with Gasteiger partial charge in [0.25, 0.3) is 0 Å². The minimum atomic E-state index is -3.61. The molecule has 0 saturated carbocycles. The third-order valence-corrected chi connectivity index (χ3v) is 5.24. The van der Waals surface area contributed by atoms with Gasteiger partial charge in [0.1, 0.15) is 4.99 Å². The highest BCUT2D eigenvalue weighted by Crippen LogP contribution is 2.16. The fraction of sp³-hybridized carbons (Fsp3) is 0.385. The molecule has 0 amide bonds. The van der Waals surface area contributed by atoms with E-state index in [-0.39, 0.29) is 17.2 Å². The third-order valence-electron chi connectivity index (χ3n) is 2.87. The molecule has 1 unspecified atom stereocenters. The Morgan fingerprint density at radius 3 is 2.30 bits per heavy atom. The highest BCUT2D eigenvalue weighted by Gasteiger charge is 2.31. The minimum Gasteiger partial charge on any atom is -0.468 e. The van der Waals surface area contributed by atoms with E-state index in [9.17, 15) is 13.2 Å². The maximum atomic E-state index is 12.2. The Labute approximate surface area is 124 Å². The van der Waals surface area contributed by atoms with Crippen molar-refractivity contribution in [2.45, 2.75) is 24.3 Å². The number of nitrogens with two attached hydrogens (primary N) is 1. The lowest BCUT2D eigenvalue weighted by molar-refractivity contribution is -0.140. The maximum Gasteiger partial charge on any atom is 0.324 e. The quantitative estimate of drug-likeness (QED) is 0.627. The van der Waals surface area contributed by atoms with E-state index in [0.29, 0.717) is 11.1 Å². The first-order valence-corrected chi connectivity index (χ1v) is 8.12. The van der Waals surface area contributed by atoms with Crippen molar-refractivity contribution in [1.82, 2.24) is 0 Å². The molecule has 1 aromatic rings. The number of esters is 1. The predicted octanol–water partition coefficient (Wildman–Crippen LogP) is 1.19. The van der Waals surface area contributed by atoms with Crippen molar-refractivity contribution in [2.75, 3.05) is 7.11 Å². The molecule has 7 heteroatoms. The minimum absolute atomic E-state index is 0.181. The van der Waals surface area contributed by atoms with E-state index in [1.54, 1.807) is 31.2 Å². The number of hydrogen-bond donors (Lipinski definition) is 1. The van der Waals surface area contributed by atoms with Crippen molar-refractivity contribution in [2.24, 2.45) is 5.73 Å². The fourth-order valence-corrected chi connectivity index (χ4v) is 3.69. The summed E-state index contributed by atoms with van der Waals surface area (Å²) in [7, 11) is -2.43. The Hall–Kier alpha value is -1.47. The molecule has 20 heavy (non-hydrogen) atoms. The largest absolute Gasteiger partial charge is 0.468 e. The van der Waals surface area contributed by atoms with Gasteiger partial charge in [-0.3, -0.25) is 4.79 Å². The number of thiocarbonyl (C=S) groups is 1. The van der Waals surface area contributed by atoms with Crippen LogP contribution in [0, 0.1) is 0 Å². The zero-order chi connectivity index (χ0) is 15.3. The average Bonchev–Trinajstić information content (AvgIpc) is 2.38. The number of hydrogen-bond acceptors (Lipinski definition) is 5. The summed E-state index contributed by atoms with van der Waals surface area (Å²) in [5.74, 6) is -0.953. The number of sulfone groups is 1. The van der Waals surface area contributed by atoms with E-state index in [2.05, 4.69) is 4.74 Å². The summed E-state index contributed by atoms with van der Waals surface area (Å²) in [5, 5.41) is -1.14. The highest BCUT2D eigenvalue weighted by atomic mass is 32.2. The summed E-state index contributed by atoms with van der Waals surface area (Å²) in [4.78, 5) is 11.7. The summed E-state index contributed by atoms with van der Waals surface area (Å²) >= 11 is 4.82. The van der Waals surface area contributed by atoms with Gasteiger partial charge in [-0.25, -0.2) is 8.42 Å². The van der Waals surface area contributed by atoms with E-state index >= 15 is 0 Å². The van der Waals surface area contributed by atoms with E-state index in [1.165, 1.54) is 7.11 Å². The van der Waals surface area contributed by atoms with Gasteiger partial charge in [0, 0.05) is 5.56 Å². The monoisotopic (exact) mass is 315 g/mol. The average molecular weight is 315 g/mol. The van der Waals surface area contributed by atoms with Gasteiger partial charge in [0.05, 0.1) is 12.9 Å². The van der Waals surface area contributed by atoms with Crippen LogP contribution in [0.5, 0.6) is 0 Å². The number of rotatable bonds is 6. The molecule has 0 aromatic heterocycles. The standard InChI is InChI=1S/C13H17NO4S2/c1-3-11(13(15)18-2)20(16,17)8-9-4-6-10(7-5-9)12(14)19/h4-7,11H,3,8H2,1-2H3,(H2,14,19). The van der Waals surface area contributed by atoms with Crippen LogP contribution in [-0.4, -0.2) is 31.7 Å². The second kappa shape index (κ2) is 6.81. The number of carbonyl (C=O) groups excluding carboxylic acids is 1. The van der Waals surface area contributed by atoms with E-state index in [4.69, 9.17) is 18.0 Å². The first-order valence-electron chi connectivity index (χ1n) is 6.00. The molecule has 1 aromatic carbocycles. The molecule has 0 aliphatic carbocycles. The van der Waals surface area contributed by atoms with Gasteiger partial charge in [-0.05, 0) is 12.0 Å². The van der Waals surface area contributed by atoms with Crippen molar-refractivity contribution in [3.05, 3.63) is 35.4 Å². The molecule has 0 fully saturated rings. The van der Waals surface area contributed by atoms with Crippen LogP contribution in [0.4, 0.5) is 0 Å². The topological polar surface area (TPSA) is 86.5 Å². The van der Waals surface area contributed by atoms with Crippen LogP contribution in [-0.2, 0) is 25.1 Å². The molecule has 0 heterocycles. The van der Waals surface area contributed by atoms with E-state index in [1.807, 2.05) is 0 Å². The van der Waals surface area contributed by atoms with Crippen LogP contribution < -0.4 is 5.73 Å². The summed E-state index contributed by atoms with van der Waals surface area (Å²) in [6, 6.07) is 6.59. The lowest BCUT2D eigenvalue weighted by Crippen LogP contribution is -2.31. The molecule has 5 nitrogen and oxygen atoms in total. The molecular weight excluding hydrogens is 298 g/mol. The molecule has 0 radical (unpaired) electrons. The highest BCUT2D eigenvalue weighted by molar-refractivity contribution is 7.92. The Kier molecular flexibility index (Phi) is 5.64. The molecule has 0 saturated heterocycles. The van der Waals surface area contributed by atoms with Crippen LogP contribution in [0.1, 0.15) is 24.5 Å². The lowest BCUT2D eigenvalue weighted by atomic mass is 10.1. The summed E-state index contributed by atoms with van der Waals surface area (Å²) in [5.41, 5.74) is 6.71. The van der Waals surface area contributed by atoms with Crippen LogP contribution >= 0.6 is 12.2 Å². The first kappa shape index (κ1) is 16.6. The predicted molar refractivity (Wildman–Crippen MR) is 81.0 cm³/mol. The Morgan fingerprint density at radius 2 is 1.90 bits per heavy atom. The SMILES string of the molecule is CCC(C(=O)OC)S(=O)(=O)Cc1ccc(C(N)=S)cc1. The first-order chi connectivity index (χ1) is 9.31. The van der Waals surface area contributed by atoms with Crippen LogP contribution in [0.15, 0.2) is 24.3 Å². The van der Waals surface area contributed by atoms with Gasteiger partial charge in [-0.1, -0.05) is 43.4 Å². The Morgan fingerprint density at radius 1 is 1.35 bits per heavy atom. The van der Waals surface area contributed by atoms with Gasteiger partial charge in [-0.2, -0.15) is 0 Å². The number of methoxy groups -OCH3 is 1. The fourth-order valence-electron chi connectivity index (χ4n) is 1.80. The molecule has 110 valence electrons. The molecule has 0 bridgehead atoms. The molecule has 2 N–H and O–H groups in total. The normalized spacial score (nSPS) is 12.7. The summed E-state index contributed by atoms with van der Waals surface area (Å²) in [6.07, 6.45) is 0.181. The smallest absolute Gasteiger partial charge is 0.324 e. The molecule has 0 aliphatic heterocycles. The number of carbonyl (C=O) groups is 1. The molecule has 1 rings (SSSR count). The van der Waals surface area contributed by atoms with Gasteiger partial charge < -0.3 is 10.5 Å². The van der Waals surface area contributed by atoms with Gasteiger partial charge in [0.15, 0.2) is 15.1 Å². The molecule has 1 atom stereocenters. The van der Waals surface area contributed by atoms with Crippen molar-refractivity contribution in [3.8, 4) is 0 Å². The Bertz CT molecular complexity index is 593. The van der Waals surface area contributed by atoms with E-state index in [0.717, 1.165) is 0 Å². The van der Waals surface area contributed by atoms with Crippen molar-refractivity contribution in [3.63, 3.8) is 0 Å². The lowest BCUT2D eigenvalue weighted by Gasteiger charge is -2.13. The van der Waals surface area contributed by atoms with Crippen LogP contribution in [0.25, 0.3) is 0 Å². The van der Waals surface area contributed by atoms with Gasteiger partial charge in [0.2, 0.25) is 0 Å². The van der Waals surface area contributed by atoms with Crippen molar-refractivity contribution >= 4 is 33.0 Å². The maximum absolute atomic E-state index is 12.2. The zero-order valence-electron chi connectivity index (χ0n) is 11.3. The molecular formula is C13H17NO4S2. The van der Waals surface area contributed by atoms with Gasteiger partial charge in [-0.15, -0.1) is 0 Å².